The SMILES string of the molecule is CC(C)C1=C2[C@@H](OC3O[C@H](CO)[C@@H](O)C(O)C3O)[C@H](O)[C@H](C)[C@@H]3CC[C@@H](CO)/C3=C/[C@@]2(C)CC1. The third-order valence-electron chi connectivity index (χ3n) is 8.90. The van der Waals surface area contributed by atoms with Crippen LogP contribution in [0.3, 0.4) is 0 Å². The standard InChI is InChI=1S/C26H42O8/c1-12(2)15-7-8-26(4)9-17-14(10-27)5-6-16(17)13(3)20(29)24(19(15)26)34-25-23(32)22(31)21(30)18(11-28)33-25/h9,12-14,16,18,20-25,27-32H,5-8,10-11H2,1-4H3/b17-9-/t13-,14+,16+,18-,20-,21-,22?,23?,24-,25?,26-/m1/s1. The molecule has 1 aliphatic heterocycles. The molecule has 0 amide bonds. The van der Waals surface area contributed by atoms with Crippen LogP contribution in [0.4, 0.5) is 0 Å². The quantitative estimate of drug-likeness (QED) is 0.318. The molecule has 8 nitrogen and oxygen atoms in total. The van der Waals surface area contributed by atoms with Crippen molar-refractivity contribution in [2.45, 2.75) is 96.3 Å². The monoisotopic (exact) mass is 482 g/mol. The summed E-state index contributed by atoms with van der Waals surface area (Å²) in [5, 5.41) is 62.5. The molecule has 4 aliphatic rings. The van der Waals surface area contributed by atoms with E-state index >= 15 is 0 Å². The van der Waals surface area contributed by atoms with Gasteiger partial charge in [0.05, 0.1) is 12.7 Å². The molecule has 194 valence electrons. The minimum Gasteiger partial charge on any atom is -0.396 e. The van der Waals surface area contributed by atoms with Crippen LogP contribution < -0.4 is 0 Å². The van der Waals surface area contributed by atoms with Gasteiger partial charge in [0.15, 0.2) is 6.29 Å². The van der Waals surface area contributed by atoms with Crippen LogP contribution in [0, 0.1) is 29.1 Å². The summed E-state index contributed by atoms with van der Waals surface area (Å²) in [7, 11) is 0. The molecule has 0 aromatic carbocycles. The molecule has 0 spiro atoms. The van der Waals surface area contributed by atoms with Crippen molar-refractivity contribution in [2.75, 3.05) is 13.2 Å². The summed E-state index contributed by atoms with van der Waals surface area (Å²) in [6, 6.07) is 0. The fourth-order valence-corrected chi connectivity index (χ4v) is 6.82. The molecule has 0 bridgehead atoms. The molecule has 11 atom stereocenters. The van der Waals surface area contributed by atoms with Crippen LogP contribution in [0.5, 0.6) is 0 Å². The molecule has 3 aliphatic carbocycles. The minimum atomic E-state index is -1.54. The van der Waals surface area contributed by atoms with Gasteiger partial charge >= 0.3 is 0 Å². The van der Waals surface area contributed by atoms with Gasteiger partial charge in [-0.2, -0.15) is 0 Å². The largest absolute Gasteiger partial charge is 0.396 e. The number of ether oxygens (including phenoxy) is 2. The summed E-state index contributed by atoms with van der Waals surface area (Å²) in [5.41, 5.74) is 3.03. The zero-order chi connectivity index (χ0) is 24.9. The molecule has 34 heavy (non-hydrogen) atoms. The van der Waals surface area contributed by atoms with Crippen LogP contribution in [0.25, 0.3) is 0 Å². The van der Waals surface area contributed by atoms with Gasteiger partial charge in [-0.15, -0.1) is 0 Å². The van der Waals surface area contributed by atoms with E-state index in [1.54, 1.807) is 0 Å². The van der Waals surface area contributed by atoms with E-state index < -0.39 is 49.5 Å². The van der Waals surface area contributed by atoms with Crippen molar-refractivity contribution in [1.82, 2.24) is 0 Å². The van der Waals surface area contributed by atoms with Gasteiger partial charge in [-0.3, -0.25) is 0 Å². The second kappa shape index (κ2) is 9.90. The molecular formula is C26H42O8. The fraction of sp³-hybridized carbons (Fsp3) is 0.846. The summed E-state index contributed by atoms with van der Waals surface area (Å²) in [6.07, 6.45) is -2.83. The Balaban J connectivity index is 1.78. The summed E-state index contributed by atoms with van der Waals surface area (Å²) < 4.78 is 12.0. The third-order valence-corrected chi connectivity index (χ3v) is 8.90. The average molecular weight is 483 g/mol. The van der Waals surface area contributed by atoms with E-state index in [1.165, 1.54) is 11.1 Å². The molecule has 0 radical (unpaired) electrons. The van der Waals surface area contributed by atoms with Gasteiger partial charge in [-0.25, -0.2) is 0 Å². The molecule has 3 unspecified atom stereocenters. The Labute approximate surface area is 201 Å². The van der Waals surface area contributed by atoms with Gasteiger partial charge in [0.1, 0.15) is 30.5 Å². The summed E-state index contributed by atoms with van der Waals surface area (Å²) in [6.45, 7) is 7.96. The molecule has 1 heterocycles. The number of fused-ring (bicyclic) bond motifs is 2. The lowest BCUT2D eigenvalue weighted by Gasteiger charge is -2.45. The maximum Gasteiger partial charge on any atom is 0.187 e. The van der Waals surface area contributed by atoms with Crippen molar-refractivity contribution in [3.05, 3.63) is 22.8 Å². The molecule has 1 saturated heterocycles. The summed E-state index contributed by atoms with van der Waals surface area (Å²) >= 11 is 0. The number of hydrogen-bond donors (Lipinski definition) is 6. The van der Waals surface area contributed by atoms with Crippen LogP contribution in [-0.2, 0) is 9.47 Å². The molecule has 8 heteroatoms. The van der Waals surface area contributed by atoms with E-state index in [1.807, 2.05) is 6.92 Å². The Morgan fingerprint density at radius 2 is 1.74 bits per heavy atom. The van der Waals surface area contributed by atoms with Crippen molar-refractivity contribution in [3.8, 4) is 0 Å². The number of allylic oxidation sites excluding steroid dienone is 2. The molecular weight excluding hydrogens is 440 g/mol. The number of aliphatic hydroxyl groups is 6. The van der Waals surface area contributed by atoms with Gasteiger partial charge in [-0.1, -0.05) is 44.9 Å². The Morgan fingerprint density at radius 1 is 1.03 bits per heavy atom. The average Bonchev–Trinajstić information content (AvgIpc) is 3.36. The maximum absolute atomic E-state index is 11.7. The van der Waals surface area contributed by atoms with Crippen molar-refractivity contribution < 1.29 is 40.1 Å². The van der Waals surface area contributed by atoms with Crippen LogP contribution in [0.15, 0.2) is 22.8 Å². The molecule has 6 N–H and O–H groups in total. The van der Waals surface area contributed by atoms with Crippen molar-refractivity contribution in [2.24, 2.45) is 29.1 Å². The highest BCUT2D eigenvalue weighted by Crippen LogP contribution is 2.55. The Hall–Kier alpha value is -0.840. The van der Waals surface area contributed by atoms with Gasteiger partial charge in [-0.05, 0) is 49.0 Å². The smallest absolute Gasteiger partial charge is 0.187 e. The van der Waals surface area contributed by atoms with Crippen molar-refractivity contribution >= 4 is 0 Å². The van der Waals surface area contributed by atoms with E-state index in [0.717, 1.165) is 31.3 Å². The first-order valence-electron chi connectivity index (χ1n) is 12.7. The number of hydrogen-bond acceptors (Lipinski definition) is 8. The second-order valence-corrected chi connectivity index (χ2v) is 11.3. The van der Waals surface area contributed by atoms with Gasteiger partial charge in [0, 0.05) is 17.9 Å². The summed E-state index contributed by atoms with van der Waals surface area (Å²) in [5.74, 6) is 0.285. The van der Waals surface area contributed by atoms with E-state index in [9.17, 15) is 30.6 Å². The molecule has 1 saturated carbocycles. The normalized spacial score (nSPS) is 48.9. The minimum absolute atomic E-state index is 0.0993. The first kappa shape index (κ1) is 26.2. The Kier molecular flexibility index (Phi) is 7.64. The highest BCUT2D eigenvalue weighted by Gasteiger charge is 2.52. The van der Waals surface area contributed by atoms with Crippen LogP contribution in [0.1, 0.15) is 53.4 Å². The predicted octanol–water partition coefficient (Wildman–Crippen LogP) is 0.880. The summed E-state index contributed by atoms with van der Waals surface area (Å²) in [4.78, 5) is 0. The van der Waals surface area contributed by atoms with E-state index in [-0.39, 0.29) is 35.7 Å². The zero-order valence-electron chi connectivity index (χ0n) is 20.7. The highest BCUT2D eigenvalue weighted by atomic mass is 16.7. The van der Waals surface area contributed by atoms with E-state index in [2.05, 4.69) is 26.8 Å². The van der Waals surface area contributed by atoms with Crippen molar-refractivity contribution in [3.63, 3.8) is 0 Å². The Morgan fingerprint density at radius 3 is 2.35 bits per heavy atom. The Bertz CT molecular complexity index is 807. The third kappa shape index (κ3) is 4.30. The molecule has 0 aromatic rings. The van der Waals surface area contributed by atoms with Crippen LogP contribution >= 0.6 is 0 Å². The first-order chi connectivity index (χ1) is 16.0. The maximum atomic E-state index is 11.7. The second-order valence-electron chi connectivity index (χ2n) is 11.3. The lowest BCUT2D eigenvalue weighted by Crippen LogP contribution is -2.60. The molecule has 2 fully saturated rings. The molecule has 0 aromatic heterocycles. The van der Waals surface area contributed by atoms with Gasteiger partial charge in [0.25, 0.3) is 0 Å². The van der Waals surface area contributed by atoms with E-state index in [4.69, 9.17) is 9.47 Å². The van der Waals surface area contributed by atoms with Crippen LogP contribution in [-0.4, -0.2) is 86.8 Å². The molecule has 4 rings (SSSR count). The lowest BCUT2D eigenvalue weighted by molar-refractivity contribution is -0.315. The topological polar surface area (TPSA) is 140 Å². The fourth-order valence-electron chi connectivity index (χ4n) is 6.82. The van der Waals surface area contributed by atoms with E-state index in [0.29, 0.717) is 0 Å². The number of aliphatic hydroxyl groups excluding tert-OH is 6. The highest BCUT2D eigenvalue weighted by molar-refractivity contribution is 5.41. The first-order valence-corrected chi connectivity index (χ1v) is 12.7. The number of rotatable bonds is 5. The predicted molar refractivity (Wildman–Crippen MR) is 124 cm³/mol. The van der Waals surface area contributed by atoms with Gasteiger partial charge in [0.2, 0.25) is 0 Å². The van der Waals surface area contributed by atoms with Gasteiger partial charge < -0.3 is 40.1 Å². The zero-order valence-corrected chi connectivity index (χ0v) is 20.7. The van der Waals surface area contributed by atoms with Crippen molar-refractivity contribution in [1.29, 1.82) is 0 Å². The lowest BCUT2D eigenvalue weighted by atomic mass is 9.68. The van der Waals surface area contributed by atoms with Crippen LogP contribution in [0.2, 0.25) is 0 Å².